The van der Waals surface area contributed by atoms with Gasteiger partial charge >= 0.3 is 0 Å². The number of hydrogen-bond donors (Lipinski definition) is 1. The molecule has 3 rings (SSSR count). The van der Waals surface area contributed by atoms with Gasteiger partial charge in [-0.3, -0.25) is 19.2 Å². The zero-order valence-corrected chi connectivity index (χ0v) is 14.0. The molecule has 0 unspecified atom stereocenters. The van der Waals surface area contributed by atoms with Crippen molar-refractivity contribution >= 4 is 39.1 Å². The Balaban J connectivity index is 1.70. The molecule has 6 nitrogen and oxygen atoms in total. The number of nitrogens with zero attached hydrogens (tertiary/aromatic N) is 1. The van der Waals surface area contributed by atoms with E-state index in [2.05, 4.69) is 4.72 Å². The summed E-state index contributed by atoms with van der Waals surface area (Å²) in [6.07, 6.45) is 0. The van der Waals surface area contributed by atoms with E-state index in [9.17, 15) is 18.0 Å². The molecule has 0 bridgehead atoms. The van der Waals surface area contributed by atoms with Crippen molar-refractivity contribution in [2.45, 2.75) is 0 Å². The molecule has 0 saturated heterocycles. The van der Waals surface area contributed by atoms with Crippen LogP contribution in [0.15, 0.2) is 48.5 Å². The second kappa shape index (κ2) is 6.26. The predicted octanol–water partition coefficient (Wildman–Crippen LogP) is 2.38. The molecule has 1 aliphatic heterocycles. The van der Waals surface area contributed by atoms with Gasteiger partial charge in [-0.05, 0) is 30.3 Å². The summed E-state index contributed by atoms with van der Waals surface area (Å²) in [6.45, 7) is -0.220. The van der Waals surface area contributed by atoms with Crippen LogP contribution in [0.1, 0.15) is 20.7 Å². The number of halogens is 1. The summed E-state index contributed by atoms with van der Waals surface area (Å²) in [5, 5.41) is 0.399. The molecule has 1 aliphatic rings. The lowest BCUT2D eigenvalue weighted by molar-refractivity contribution is 0.0664. The van der Waals surface area contributed by atoms with Crippen LogP contribution in [0.4, 0.5) is 5.69 Å². The van der Waals surface area contributed by atoms with Gasteiger partial charge in [-0.15, -0.1) is 0 Å². The summed E-state index contributed by atoms with van der Waals surface area (Å²) < 4.78 is 26.7. The van der Waals surface area contributed by atoms with Crippen LogP contribution >= 0.6 is 11.6 Å². The molecule has 1 heterocycles. The fourth-order valence-corrected chi connectivity index (χ4v) is 3.64. The SMILES string of the molecule is O=C1c2ccccc2C(=O)N1CCS(=O)(=O)Nc1cccc(Cl)c1. The van der Waals surface area contributed by atoms with Crippen LogP contribution < -0.4 is 4.72 Å². The first-order chi connectivity index (χ1) is 11.4. The van der Waals surface area contributed by atoms with Gasteiger partial charge in [-0.1, -0.05) is 29.8 Å². The van der Waals surface area contributed by atoms with E-state index < -0.39 is 27.6 Å². The van der Waals surface area contributed by atoms with Gasteiger partial charge in [0, 0.05) is 17.3 Å². The largest absolute Gasteiger partial charge is 0.283 e. The van der Waals surface area contributed by atoms with Crippen LogP contribution in [-0.4, -0.2) is 37.4 Å². The number of nitrogens with one attached hydrogen (secondary N) is 1. The number of rotatable bonds is 5. The number of sulfonamides is 1. The van der Waals surface area contributed by atoms with E-state index in [1.54, 1.807) is 42.5 Å². The monoisotopic (exact) mass is 364 g/mol. The first kappa shape index (κ1) is 16.5. The molecule has 0 aliphatic carbocycles. The van der Waals surface area contributed by atoms with E-state index in [0.29, 0.717) is 21.8 Å². The first-order valence-corrected chi connectivity index (χ1v) is 9.12. The second-order valence-corrected chi connectivity index (χ2v) is 7.52. The summed E-state index contributed by atoms with van der Waals surface area (Å²) >= 11 is 5.81. The molecule has 2 amide bonds. The van der Waals surface area contributed by atoms with Crippen LogP contribution in [0.25, 0.3) is 0 Å². The van der Waals surface area contributed by atoms with Crippen molar-refractivity contribution in [2.24, 2.45) is 0 Å². The second-order valence-electron chi connectivity index (χ2n) is 5.24. The Labute approximate surface area is 144 Å². The molecule has 0 aromatic heterocycles. The number of amides is 2. The highest BCUT2D eigenvalue weighted by molar-refractivity contribution is 7.92. The molecule has 0 radical (unpaired) electrons. The zero-order chi connectivity index (χ0) is 17.3. The Morgan fingerprint density at radius 2 is 1.58 bits per heavy atom. The minimum absolute atomic E-state index is 0.220. The molecule has 1 N–H and O–H groups in total. The van der Waals surface area contributed by atoms with Crippen molar-refractivity contribution < 1.29 is 18.0 Å². The minimum Gasteiger partial charge on any atom is -0.283 e. The first-order valence-electron chi connectivity index (χ1n) is 7.09. The van der Waals surface area contributed by atoms with Crippen molar-refractivity contribution in [3.05, 3.63) is 64.7 Å². The lowest BCUT2D eigenvalue weighted by Crippen LogP contribution is -2.35. The molecular weight excluding hydrogens is 352 g/mol. The van der Waals surface area contributed by atoms with Crippen LogP contribution in [0, 0.1) is 0 Å². The van der Waals surface area contributed by atoms with Crippen molar-refractivity contribution in [1.29, 1.82) is 0 Å². The maximum Gasteiger partial charge on any atom is 0.261 e. The maximum absolute atomic E-state index is 12.2. The topological polar surface area (TPSA) is 83.6 Å². The third kappa shape index (κ3) is 3.27. The summed E-state index contributed by atoms with van der Waals surface area (Å²) in [6, 6.07) is 12.7. The fourth-order valence-electron chi connectivity index (χ4n) is 2.44. The lowest BCUT2D eigenvalue weighted by Gasteiger charge is -2.14. The Hall–Kier alpha value is -2.38. The molecule has 2 aromatic carbocycles. The van der Waals surface area contributed by atoms with E-state index in [-0.39, 0.29) is 6.54 Å². The van der Waals surface area contributed by atoms with Gasteiger partial charge < -0.3 is 0 Å². The molecule has 0 atom stereocenters. The van der Waals surface area contributed by atoms with E-state index in [1.807, 2.05) is 0 Å². The van der Waals surface area contributed by atoms with Crippen LogP contribution in [0.3, 0.4) is 0 Å². The van der Waals surface area contributed by atoms with Crippen molar-refractivity contribution in [3.63, 3.8) is 0 Å². The van der Waals surface area contributed by atoms with Crippen LogP contribution in [-0.2, 0) is 10.0 Å². The average molecular weight is 365 g/mol. The Kier molecular flexibility index (Phi) is 4.29. The summed E-state index contributed by atoms with van der Waals surface area (Å²) in [5.41, 5.74) is 0.912. The molecule has 0 fully saturated rings. The average Bonchev–Trinajstić information content (AvgIpc) is 2.77. The van der Waals surface area contributed by atoms with Gasteiger partial charge in [0.05, 0.1) is 16.9 Å². The minimum atomic E-state index is -3.73. The highest BCUT2D eigenvalue weighted by atomic mass is 35.5. The Morgan fingerprint density at radius 1 is 0.958 bits per heavy atom. The van der Waals surface area contributed by atoms with E-state index in [0.717, 1.165) is 4.90 Å². The molecule has 0 saturated carbocycles. The predicted molar refractivity (Wildman–Crippen MR) is 90.7 cm³/mol. The third-order valence-electron chi connectivity index (χ3n) is 3.56. The highest BCUT2D eigenvalue weighted by Gasteiger charge is 2.35. The van der Waals surface area contributed by atoms with Gasteiger partial charge in [0.15, 0.2) is 0 Å². The van der Waals surface area contributed by atoms with Crippen molar-refractivity contribution in [1.82, 2.24) is 4.90 Å². The van der Waals surface area contributed by atoms with Gasteiger partial charge in [0.25, 0.3) is 11.8 Å². The van der Waals surface area contributed by atoms with Crippen molar-refractivity contribution in [2.75, 3.05) is 17.0 Å². The molecule has 124 valence electrons. The normalized spacial score (nSPS) is 14.0. The summed E-state index contributed by atoms with van der Waals surface area (Å²) in [4.78, 5) is 25.3. The lowest BCUT2D eigenvalue weighted by atomic mass is 10.1. The smallest absolute Gasteiger partial charge is 0.261 e. The number of anilines is 1. The van der Waals surface area contributed by atoms with Crippen LogP contribution in [0.5, 0.6) is 0 Å². The van der Waals surface area contributed by atoms with Gasteiger partial charge in [0.1, 0.15) is 0 Å². The number of benzene rings is 2. The zero-order valence-electron chi connectivity index (χ0n) is 12.4. The molecule has 0 spiro atoms. The maximum atomic E-state index is 12.2. The fraction of sp³-hybridized carbons (Fsp3) is 0.125. The number of carbonyl (C=O) groups excluding carboxylic acids is 2. The Bertz CT molecular complexity index is 892. The Morgan fingerprint density at radius 3 is 2.17 bits per heavy atom. The van der Waals surface area contributed by atoms with Gasteiger partial charge in [-0.25, -0.2) is 8.42 Å². The van der Waals surface area contributed by atoms with Gasteiger partial charge in [0.2, 0.25) is 10.0 Å². The van der Waals surface area contributed by atoms with Gasteiger partial charge in [-0.2, -0.15) is 0 Å². The number of carbonyl (C=O) groups is 2. The van der Waals surface area contributed by atoms with E-state index >= 15 is 0 Å². The van der Waals surface area contributed by atoms with E-state index in [4.69, 9.17) is 11.6 Å². The molecule has 24 heavy (non-hydrogen) atoms. The molecular formula is C16H13ClN2O4S. The molecule has 8 heteroatoms. The quantitative estimate of drug-likeness (QED) is 0.825. The number of imide groups is 1. The highest BCUT2D eigenvalue weighted by Crippen LogP contribution is 2.22. The number of fused-ring (bicyclic) bond motifs is 1. The van der Waals surface area contributed by atoms with Crippen molar-refractivity contribution in [3.8, 4) is 0 Å². The standard InChI is InChI=1S/C16H13ClN2O4S/c17-11-4-3-5-12(10-11)18-24(22,23)9-8-19-15(20)13-6-1-2-7-14(13)16(19)21/h1-7,10,18H,8-9H2. The van der Waals surface area contributed by atoms with Crippen LogP contribution in [0.2, 0.25) is 5.02 Å². The molecule has 2 aromatic rings. The number of hydrogen-bond acceptors (Lipinski definition) is 4. The summed E-state index contributed by atoms with van der Waals surface area (Å²) in [7, 11) is -3.73. The third-order valence-corrected chi connectivity index (χ3v) is 5.06. The van der Waals surface area contributed by atoms with E-state index in [1.165, 1.54) is 6.07 Å². The summed E-state index contributed by atoms with van der Waals surface area (Å²) in [5.74, 6) is -1.35.